The lowest BCUT2D eigenvalue weighted by molar-refractivity contribution is 0.566. The summed E-state index contributed by atoms with van der Waals surface area (Å²) in [7, 11) is 1.32. The van der Waals surface area contributed by atoms with Gasteiger partial charge < -0.3 is 0 Å². The van der Waals surface area contributed by atoms with E-state index in [2.05, 4.69) is 27.1 Å². The second kappa shape index (κ2) is 4.99. The van der Waals surface area contributed by atoms with Gasteiger partial charge in [0, 0.05) is 5.66 Å². The van der Waals surface area contributed by atoms with Crippen molar-refractivity contribution in [1.82, 2.24) is 0 Å². The van der Waals surface area contributed by atoms with E-state index in [1.807, 2.05) is 0 Å². The highest BCUT2D eigenvalue weighted by Gasteiger charge is 2.06. The molecule has 0 saturated heterocycles. The minimum Gasteiger partial charge on any atom is -0.109 e. The first-order valence-electron chi connectivity index (χ1n) is 3.68. The molecule has 0 heterocycles. The van der Waals surface area contributed by atoms with E-state index < -0.39 is 0 Å². The molecule has 0 aliphatic rings. The third kappa shape index (κ3) is 3.70. The Kier molecular flexibility index (Phi) is 5.09. The Morgan fingerprint density at radius 1 is 1.44 bits per heavy atom. The van der Waals surface area contributed by atoms with Gasteiger partial charge in [-0.2, -0.15) is 0 Å². The van der Waals surface area contributed by atoms with Crippen LogP contribution in [0.25, 0.3) is 0 Å². The molecule has 9 heavy (non-hydrogen) atoms. The topological polar surface area (TPSA) is 0 Å². The van der Waals surface area contributed by atoms with Crippen LogP contribution in [0.2, 0.25) is 0 Å². The van der Waals surface area contributed by atoms with Gasteiger partial charge in [-0.1, -0.05) is 33.5 Å². The van der Waals surface area contributed by atoms with Gasteiger partial charge in [0.15, 0.2) is 0 Å². The molecule has 0 N–H and O–H groups in total. The SMILES string of the molecule is C=PC(CCC)C(C)C. The van der Waals surface area contributed by atoms with Crippen molar-refractivity contribution in [3.63, 3.8) is 0 Å². The van der Waals surface area contributed by atoms with Crippen molar-refractivity contribution in [2.24, 2.45) is 5.92 Å². The van der Waals surface area contributed by atoms with E-state index in [-0.39, 0.29) is 0 Å². The predicted octanol–water partition coefficient (Wildman–Crippen LogP) is 3.19. The van der Waals surface area contributed by atoms with E-state index >= 15 is 0 Å². The molecule has 0 nitrogen and oxygen atoms in total. The quantitative estimate of drug-likeness (QED) is 0.531. The molecule has 0 aromatic carbocycles. The molecular formula is C8H17P. The van der Waals surface area contributed by atoms with Crippen LogP contribution in [0.4, 0.5) is 0 Å². The fourth-order valence-corrected chi connectivity index (χ4v) is 1.79. The van der Waals surface area contributed by atoms with E-state index in [4.69, 9.17) is 0 Å². The molecule has 1 atom stereocenters. The maximum Gasteiger partial charge on any atom is 0.00261 e. The van der Waals surface area contributed by atoms with Crippen LogP contribution in [0.5, 0.6) is 0 Å². The molecule has 0 aromatic heterocycles. The van der Waals surface area contributed by atoms with Crippen molar-refractivity contribution in [3.8, 4) is 0 Å². The van der Waals surface area contributed by atoms with Crippen molar-refractivity contribution in [3.05, 3.63) is 0 Å². The summed E-state index contributed by atoms with van der Waals surface area (Å²) in [5.74, 6) is 0.809. The fraction of sp³-hybridized carbons (Fsp3) is 0.875. The zero-order chi connectivity index (χ0) is 7.28. The zero-order valence-electron chi connectivity index (χ0n) is 6.72. The number of rotatable bonds is 4. The molecule has 0 fully saturated rings. The van der Waals surface area contributed by atoms with Crippen molar-refractivity contribution in [2.75, 3.05) is 0 Å². The van der Waals surface area contributed by atoms with E-state index in [9.17, 15) is 0 Å². The summed E-state index contributed by atoms with van der Waals surface area (Å²) in [6.45, 7) is 6.79. The van der Waals surface area contributed by atoms with Gasteiger partial charge in [-0.15, -0.1) is 8.20 Å². The standard InChI is InChI=1S/C8H17P/c1-5-6-8(9-4)7(2)3/h7-8H,4-6H2,1-3H3. The Morgan fingerprint density at radius 3 is 2.11 bits per heavy atom. The van der Waals surface area contributed by atoms with Crippen LogP contribution in [0.1, 0.15) is 33.6 Å². The molecule has 0 bridgehead atoms. The lowest BCUT2D eigenvalue weighted by atomic mass is 10.1. The summed E-state index contributed by atoms with van der Waals surface area (Å²) >= 11 is 0. The zero-order valence-corrected chi connectivity index (χ0v) is 7.62. The molecule has 0 aliphatic carbocycles. The Morgan fingerprint density at radius 2 is 2.00 bits per heavy atom. The van der Waals surface area contributed by atoms with Crippen molar-refractivity contribution >= 4 is 14.5 Å². The van der Waals surface area contributed by atoms with Crippen LogP contribution >= 0.6 is 8.20 Å². The van der Waals surface area contributed by atoms with Gasteiger partial charge in [-0.05, 0) is 12.3 Å². The van der Waals surface area contributed by atoms with Crippen LogP contribution in [-0.4, -0.2) is 12.0 Å². The van der Waals surface area contributed by atoms with Crippen LogP contribution in [0.3, 0.4) is 0 Å². The third-order valence-corrected chi connectivity index (χ3v) is 2.91. The van der Waals surface area contributed by atoms with E-state index in [0.717, 1.165) is 11.6 Å². The molecular weight excluding hydrogens is 127 g/mol. The molecule has 0 spiro atoms. The summed E-state index contributed by atoms with van der Waals surface area (Å²) in [5, 5.41) is 0. The Balaban J connectivity index is 3.54. The summed E-state index contributed by atoms with van der Waals surface area (Å²) < 4.78 is 0. The van der Waals surface area contributed by atoms with Gasteiger partial charge in [0.05, 0.1) is 0 Å². The maximum absolute atomic E-state index is 3.90. The van der Waals surface area contributed by atoms with Crippen molar-refractivity contribution < 1.29 is 0 Å². The molecule has 0 rings (SSSR count). The summed E-state index contributed by atoms with van der Waals surface area (Å²) in [4.78, 5) is 0. The summed E-state index contributed by atoms with van der Waals surface area (Å²) in [5.41, 5.74) is 0.829. The Hall–Kier alpha value is 0.170. The first kappa shape index (κ1) is 9.17. The average molecular weight is 144 g/mol. The second-order valence-corrected chi connectivity index (χ2v) is 3.81. The second-order valence-electron chi connectivity index (χ2n) is 2.78. The van der Waals surface area contributed by atoms with Crippen molar-refractivity contribution in [2.45, 2.75) is 39.3 Å². The highest BCUT2D eigenvalue weighted by atomic mass is 31.1. The minimum absolute atomic E-state index is 0.809. The van der Waals surface area contributed by atoms with Gasteiger partial charge in [-0.25, -0.2) is 0 Å². The Bertz CT molecular complexity index is 76.6. The molecule has 0 saturated carbocycles. The average Bonchev–Trinajstić information content (AvgIpc) is 1.82. The monoisotopic (exact) mass is 144 g/mol. The molecule has 0 amide bonds. The summed E-state index contributed by atoms with van der Waals surface area (Å²) in [6.07, 6.45) is 6.53. The van der Waals surface area contributed by atoms with Crippen LogP contribution in [-0.2, 0) is 0 Å². The number of hydrogen-bond donors (Lipinski definition) is 0. The third-order valence-electron chi connectivity index (χ3n) is 1.59. The van der Waals surface area contributed by atoms with Crippen molar-refractivity contribution in [1.29, 1.82) is 0 Å². The van der Waals surface area contributed by atoms with Gasteiger partial charge in [0.25, 0.3) is 0 Å². The normalized spacial score (nSPS) is 14.7. The highest BCUT2D eigenvalue weighted by molar-refractivity contribution is 7.37. The van der Waals surface area contributed by atoms with Crippen LogP contribution in [0, 0.1) is 5.92 Å². The first-order chi connectivity index (χ1) is 4.22. The van der Waals surface area contributed by atoms with E-state index in [1.165, 1.54) is 21.0 Å². The lowest BCUT2D eigenvalue weighted by Crippen LogP contribution is -2.06. The summed E-state index contributed by atoms with van der Waals surface area (Å²) in [6, 6.07) is 0. The smallest absolute Gasteiger partial charge is 0.00261 e. The maximum atomic E-state index is 3.90. The van der Waals surface area contributed by atoms with E-state index in [0.29, 0.717) is 0 Å². The fourth-order valence-electron chi connectivity index (χ4n) is 0.931. The first-order valence-corrected chi connectivity index (χ1v) is 4.83. The molecule has 1 unspecified atom stereocenters. The molecule has 0 aliphatic heterocycles. The van der Waals surface area contributed by atoms with Crippen LogP contribution in [0.15, 0.2) is 0 Å². The van der Waals surface area contributed by atoms with Gasteiger partial charge in [-0.3, -0.25) is 0 Å². The lowest BCUT2D eigenvalue weighted by Gasteiger charge is -2.13. The predicted molar refractivity (Wildman–Crippen MR) is 47.6 cm³/mol. The van der Waals surface area contributed by atoms with Gasteiger partial charge >= 0.3 is 0 Å². The van der Waals surface area contributed by atoms with Gasteiger partial charge in [0.2, 0.25) is 0 Å². The minimum atomic E-state index is 0.809. The molecule has 0 radical (unpaired) electrons. The largest absolute Gasteiger partial charge is 0.109 e. The Labute approximate surface area is 60.5 Å². The highest BCUT2D eigenvalue weighted by Crippen LogP contribution is 2.20. The number of hydrogen-bond acceptors (Lipinski definition) is 0. The van der Waals surface area contributed by atoms with Gasteiger partial charge in [0.1, 0.15) is 0 Å². The molecule has 1 heteroatoms. The molecule has 0 aromatic rings. The molecule has 54 valence electrons. The van der Waals surface area contributed by atoms with Crippen LogP contribution < -0.4 is 0 Å². The van der Waals surface area contributed by atoms with E-state index in [1.54, 1.807) is 0 Å².